The number of H-pyrrole nitrogens is 1. The van der Waals surface area contributed by atoms with Crippen molar-refractivity contribution in [2.24, 2.45) is 0 Å². The largest absolute Gasteiger partial charge is 0.497 e. The molecule has 0 aliphatic carbocycles. The smallest absolute Gasteiger partial charge is 0.270 e. The van der Waals surface area contributed by atoms with Crippen molar-refractivity contribution in [2.75, 3.05) is 24.8 Å². The summed E-state index contributed by atoms with van der Waals surface area (Å²) in [6.45, 7) is 4.57. The Hall–Kier alpha value is -2.26. The minimum Gasteiger partial charge on any atom is -0.497 e. The van der Waals surface area contributed by atoms with Crippen LogP contribution in [0.15, 0.2) is 23.0 Å². The molecule has 2 atom stereocenters. The molecule has 1 aromatic heterocycles. The van der Waals surface area contributed by atoms with E-state index in [2.05, 4.69) is 10.4 Å². The van der Waals surface area contributed by atoms with Crippen LogP contribution in [0.25, 0.3) is 0 Å². The highest BCUT2D eigenvalue weighted by Crippen LogP contribution is 2.43. The van der Waals surface area contributed by atoms with Gasteiger partial charge in [-0.1, -0.05) is 6.07 Å². The molecule has 0 spiro atoms. The second-order valence-corrected chi connectivity index (χ2v) is 9.05. The summed E-state index contributed by atoms with van der Waals surface area (Å²) in [5.74, 6) is 0.264. The predicted molar refractivity (Wildman–Crippen MR) is 109 cm³/mol. The van der Waals surface area contributed by atoms with Crippen LogP contribution in [0.1, 0.15) is 49.1 Å². The highest BCUT2D eigenvalue weighted by Gasteiger charge is 2.36. The molecule has 0 unspecified atom stereocenters. The maximum atomic E-state index is 14.8. The van der Waals surface area contributed by atoms with Gasteiger partial charge in [-0.3, -0.25) is 19.4 Å². The van der Waals surface area contributed by atoms with Crippen LogP contribution < -0.4 is 15.6 Å². The zero-order valence-corrected chi connectivity index (χ0v) is 17.4. The number of rotatable bonds is 3. The number of ether oxygens (including phenoxy) is 2. The number of hydrogen-bond acceptors (Lipinski definition) is 5. The van der Waals surface area contributed by atoms with Crippen LogP contribution in [0.3, 0.4) is 0 Å². The van der Waals surface area contributed by atoms with Crippen LogP contribution in [-0.2, 0) is 9.53 Å². The third kappa shape index (κ3) is 3.81. The second-order valence-electron chi connectivity index (χ2n) is 7.95. The molecule has 156 valence electrons. The van der Waals surface area contributed by atoms with E-state index in [1.165, 1.54) is 24.9 Å². The lowest BCUT2D eigenvalue weighted by Gasteiger charge is -2.36. The average Bonchev–Trinajstić information content (AvgIpc) is 2.87. The Bertz CT molecular complexity index is 1000. The van der Waals surface area contributed by atoms with Crippen LogP contribution in [0.4, 0.5) is 10.2 Å². The van der Waals surface area contributed by atoms with Gasteiger partial charge in [-0.25, -0.2) is 4.39 Å². The van der Waals surface area contributed by atoms with Crippen molar-refractivity contribution < 1.29 is 18.7 Å². The Labute approximate surface area is 171 Å². The van der Waals surface area contributed by atoms with Gasteiger partial charge in [-0.15, -0.1) is 11.8 Å². The van der Waals surface area contributed by atoms with E-state index in [0.29, 0.717) is 42.1 Å². The lowest BCUT2D eigenvalue weighted by atomic mass is 9.94. The van der Waals surface area contributed by atoms with E-state index in [4.69, 9.17) is 9.47 Å². The molecule has 7 nitrogen and oxygen atoms in total. The first-order chi connectivity index (χ1) is 13.8. The Kier molecular flexibility index (Phi) is 5.20. The molecule has 29 heavy (non-hydrogen) atoms. The number of nitrogens with zero attached hydrogens (tertiary/aromatic N) is 1. The Balaban J connectivity index is 1.81. The minimum absolute atomic E-state index is 0.0278. The molecule has 0 bridgehead atoms. The molecule has 0 saturated carbocycles. The highest BCUT2D eigenvalue weighted by atomic mass is 32.2. The van der Waals surface area contributed by atoms with Gasteiger partial charge in [0.25, 0.3) is 5.56 Å². The molecule has 3 heterocycles. The number of carbonyl (C=O) groups excluding carboxylic acids is 1. The Morgan fingerprint density at radius 2 is 2.14 bits per heavy atom. The van der Waals surface area contributed by atoms with E-state index < -0.39 is 11.1 Å². The third-order valence-corrected chi connectivity index (χ3v) is 6.64. The molecule has 1 aromatic carbocycles. The van der Waals surface area contributed by atoms with Crippen molar-refractivity contribution in [3.63, 3.8) is 0 Å². The second kappa shape index (κ2) is 7.53. The van der Waals surface area contributed by atoms with Gasteiger partial charge in [0.15, 0.2) is 0 Å². The minimum atomic E-state index is -0.604. The molecule has 1 amide bonds. The van der Waals surface area contributed by atoms with Crippen LogP contribution in [0, 0.1) is 5.82 Å². The molecule has 2 N–H and O–H groups in total. The number of aromatic nitrogens is 2. The summed E-state index contributed by atoms with van der Waals surface area (Å²) in [5.41, 5.74) is 0.0691. The van der Waals surface area contributed by atoms with Crippen molar-refractivity contribution in [3.05, 3.63) is 45.5 Å². The van der Waals surface area contributed by atoms with E-state index in [1.807, 2.05) is 13.8 Å². The Morgan fingerprint density at radius 1 is 1.34 bits per heavy atom. The fraction of sp³-hybridized carbons (Fsp3) is 0.500. The zero-order chi connectivity index (χ0) is 20.8. The number of nitrogens with one attached hydrogen (secondary N) is 2. The first-order valence-electron chi connectivity index (χ1n) is 9.52. The highest BCUT2D eigenvalue weighted by molar-refractivity contribution is 8.00. The summed E-state index contributed by atoms with van der Waals surface area (Å²) in [5, 5.41) is 5.14. The lowest BCUT2D eigenvalue weighted by molar-refractivity contribution is -0.113. The van der Waals surface area contributed by atoms with E-state index in [0.717, 1.165) is 0 Å². The molecular formula is C20H24FN3O4S. The monoisotopic (exact) mass is 421 g/mol. The van der Waals surface area contributed by atoms with Gasteiger partial charge in [0.1, 0.15) is 17.4 Å². The molecule has 9 heteroatoms. The van der Waals surface area contributed by atoms with Crippen molar-refractivity contribution >= 4 is 23.5 Å². The topological polar surface area (TPSA) is 85.4 Å². The summed E-state index contributed by atoms with van der Waals surface area (Å²) in [6.07, 6.45) is 1.40. The van der Waals surface area contributed by atoms with E-state index in [1.54, 1.807) is 16.8 Å². The van der Waals surface area contributed by atoms with Gasteiger partial charge in [-0.05, 0) is 32.8 Å². The maximum absolute atomic E-state index is 14.8. The van der Waals surface area contributed by atoms with Gasteiger partial charge >= 0.3 is 0 Å². The summed E-state index contributed by atoms with van der Waals surface area (Å²) < 4.78 is 27.4. The van der Waals surface area contributed by atoms with Crippen molar-refractivity contribution in [3.8, 4) is 5.75 Å². The summed E-state index contributed by atoms with van der Waals surface area (Å²) in [4.78, 5) is 25.3. The summed E-state index contributed by atoms with van der Waals surface area (Å²) in [6, 6.07) is 4.53. The fourth-order valence-electron chi connectivity index (χ4n) is 4.03. The fourth-order valence-corrected chi connectivity index (χ4v) is 5.18. The first kappa shape index (κ1) is 20.0. The summed E-state index contributed by atoms with van der Waals surface area (Å²) >= 11 is 1.24. The number of anilines is 1. The molecule has 1 fully saturated rings. The molecule has 4 rings (SSSR count). The van der Waals surface area contributed by atoms with Crippen molar-refractivity contribution in [1.29, 1.82) is 0 Å². The zero-order valence-electron chi connectivity index (χ0n) is 16.6. The van der Waals surface area contributed by atoms with Gasteiger partial charge in [0, 0.05) is 18.2 Å². The SMILES string of the molecule is COc1ccc([C@@H]2SCC(=O)Nc3c2c(=O)[nH]n3[C@@H]2CCOC(C)(C)C2)c(F)c1. The molecule has 0 radical (unpaired) electrons. The normalized spacial score (nSPS) is 23.8. The number of amides is 1. The molecule has 2 aromatic rings. The van der Waals surface area contributed by atoms with Crippen molar-refractivity contribution in [1.82, 2.24) is 9.78 Å². The van der Waals surface area contributed by atoms with E-state index in [-0.39, 0.29) is 28.9 Å². The molecule has 2 aliphatic heterocycles. The summed E-state index contributed by atoms with van der Waals surface area (Å²) in [7, 11) is 1.47. The van der Waals surface area contributed by atoms with Crippen LogP contribution in [0.5, 0.6) is 5.75 Å². The lowest BCUT2D eigenvalue weighted by Crippen LogP contribution is -2.36. The third-order valence-electron chi connectivity index (χ3n) is 5.39. The van der Waals surface area contributed by atoms with Gasteiger partial charge < -0.3 is 14.8 Å². The number of halogens is 1. The van der Waals surface area contributed by atoms with Gasteiger partial charge in [0.2, 0.25) is 5.91 Å². The number of hydrogen-bond donors (Lipinski definition) is 2. The van der Waals surface area contributed by atoms with Crippen LogP contribution >= 0.6 is 11.8 Å². The van der Waals surface area contributed by atoms with Crippen LogP contribution in [-0.4, -0.2) is 40.8 Å². The number of benzene rings is 1. The quantitative estimate of drug-likeness (QED) is 0.795. The molecule has 1 saturated heterocycles. The molecule has 2 aliphatic rings. The van der Waals surface area contributed by atoms with E-state index >= 15 is 0 Å². The van der Waals surface area contributed by atoms with Crippen LogP contribution in [0.2, 0.25) is 0 Å². The predicted octanol–water partition coefficient (Wildman–Crippen LogP) is 3.23. The number of methoxy groups -OCH3 is 1. The number of thioether (sulfide) groups is 1. The standard InChI is InChI=1S/C20H24FN3O4S/c1-20(2)9-11(6-7-28-20)24-18-16(19(26)23-24)17(29-10-15(25)22-18)13-5-4-12(27-3)8-14(13)21/h4-5,8,11,17H,6-7,9-10H2,1-3H3,(H,22,25)(H,23,26)/t11-,17+/m1/s1. The number of fused-ring (bicyclic) bond motifs is 1. The molecular weight excluding hydrogens is 397 g/mol. The van der Waals surface area contributed by atoms with Gasteiger partial charge in [-0.2, -0.15) is 0 Å². The Morgan fingerprint density at radius 3 is 2.83 bits per heavy atom. The van der Waals surface area contributed by atoms with Crippen molar-refractivity contribution in [2.45, 2.75) is 43.6 Å². The first-order valence-corrected chi connectivity index (χ1v) is 10.6. The number of aromatic amines is 1. The van der Waals surface area contributed by atoms with Gasteiger partial charge in [0.05, 0.1) is 35.3 Å². The van der Waals surface area contributed by atoms with E-state index in [9.17, 15) is 14.0 Å². The number of carbonyl (C=O) groups is 1. The average molecular weight is 421 g/mol. The maximum Gasteiger partial charge on any atom is 0.270 e.